The summed E-state index contributed by atoms with van der Waals surface area (Å²) in [6.07, 6.45) is 0. The Morgan fingerprint density at radius 1 is 0.472 bits per heavy atom. The largest absolute Gasteiger partial charge is 0.319 e. The Morgan fingerprint density at radius 3 is 1.78 bits per heavy atom. The zero-order chi connectivity index (χ0) is 24.2. The van der Waals surface area contributed by atoms with Gasteiger partial charge in [-0.25, -0.2) is 9.69 Å². The van der Waals surface area contributed by atoms with Crippen LogP contribution < -0.4 is 0 Å². The number of rotatable bonds is 2. The minimum Gasteiger partial charge on any atom is -0.319 e. The van der Waals surface area contributed by atoms with Crippen LogP contribution in [0.4, 0.5) is 11.4 Å². The van der Waals surface area contributed by atoms with Crippen LogP contribution in [0.25, 0.3) is 64.7 Å². The summed E-state index contributed by atoms with van der Waals surface area (Å²) in [5, 5.41) is 4.46. The Hall–Kier alpha value is -5.32. The molecule has 0 aliphatic rings. The zero-order valence-electron chi connectivity index (χ0n) is 19.2. The molecule has 0 aliphatic carbocycles. The third kappa shape index (κ3) is 2.67. The molecule has 0 fully saturated rings. The molecule has 36 heavy (non-hydrogen) atoms. The summed E-state index contributed by atoms with van der Waals surface area (Å²) in [5.74, 6) is 0. The van der Waals surface area contributed by atoms with Crippen molar-refractivity contribution in [1.82, 2.24) is 9.13 Å². The van der Waals surface area contributed by atoms with E-state index in [9.17, 15) is 0 Å². The van der Waals surface area contributed by atoms with Crippen molar-refractivity contribution < 1.29 is 0 Å². The molecule has 0 unspecified atom stereocenters. The van der Waals surface area contributed by atoms with E-state index in [1.165, 1.54) is 10.8 Å². The average molecular weight is 459 g/mol. The molecular formula is C32H18N4. The quantitative estimate of drug-likeness (QED) is 0.230. The summed E-state index contributed by atoms with van der Waals surface area (Å²) >= 11 is 0. The molecule has 0 radical (unpaired) electrons. The van der Waals surface area contributed by atoms with Crippen molar-refractivity contribution in [3.8, 4) is 11.4 Å². The van der Waals surface area contributed by atoms with Crippen LogP contribution in [0.1, 0.15) is 0 Å². The molecule has 0 N–H and O–H groups in total. The molecule has 0 aliphatic heterocycles. The van der Waals surface area contributed by atoms with Crippen molar-refractivity contribution in [2.24, 2.45) is 0 Å². The van der Waals surface area contributed by atoms with Gasteiger partial charge >= 0.3 is 0 Å². The lowest BCUT2D eigenvalue weighted by atomic mass is 10.1. The first-order chi connectivity index (χ1) is 17.8. The van der Waals surface area contributed by atoms with Crippen molar-refractivity contribution in [3.05, 3.63) is 132 Å². The summed E-state index contributed by atoms with van der Waals surface area (Å²) in [7, 11) is 0. The normalized spacial score (nSPS) is 11.3. The molecule has 2 heterocycles. The van der Waals surface area contributed by atoms with E-state index in [2.05, 4.69) is 85.6 Å². The predicted molar refractivity (Wildman–Crippen MR) is 148 cm³/mol. The van der Waals surface area contributed by atoms with Gasteiger partial charge in [-0.1, -0.05) is 66.7 Å². The first-order valence-corrected chi connectivity index (χ1v) is 11.7. The van der Waals surface area contributed by atoms with Gasteiger partial charge in [0.25, 0.3) is 0 Å². The van der Waals surface area contributed by atoms with Crippen LogP contribution >= 0.6 is 0 Å². The number of nitrogens with zero attached hydrogens (tertiary/aromatic N) is 4. The minimum atomic E-state index is 0.591. The monoisotopic (exact) mass is 458 g/mol. The molecule has 166 valence electrons. The molecule has 4 nitrogen and oxygen atoms in total. The smallest absolute Gasteiger partial charge is 0.210 e. The molecular weight excluding hydrogens is 440 g/mol. The molecule has 4 heteroatoms. The molecule has 7 rings (SSSR count). The number of benzene rings is 5. The van der Waals surface area contributed by atoms with E-state index in [4.69, 9.17) is 13.1 Å². The van der Waals surface area contributed by atoms with Gasteiger partial charge in [-0.05, 0) is 47.9 Å². The second-order valence-electron chi connectivity index (χ2n) is 8.79. The highest BCUT2D eigenvalue weighted by atomic mass is 15.0. The van der Waals surface area contributed by atoms with Crippen molar-refractivity contribution in [1.29, 1.82) is 0 Å². The second kappa shape index (κ2) is 7.60. The Morgan fingerprint density at radius 2 is 1.06 bits per heavy atom. The Bertz CT molecular complexity index is 2020. The van der Waals surface area contributed by atoms with Gasteiger partial charge in [0.1, 0.15) is 0 Å². The van der Waals surface area contributed by atoms with E-state index in [0.29, 0.717) is 11.4 Å². The fourth-order valence-corrected chi connectivity index (χ4v) is 5.48. The maximum Gasteiger partial charge on any atom is 0.210 e. The Balaban J connectivity index is 1.71. The standard InChI is InChI=1S/C32H18N4/c1-33-21-18-19-28-24(20-21)32-30(16-9-17-31(32)36(28)29-15-8-5-12-25(29)34-2)35-26-13-6-3-10-22(26)23-11-4-7-14-27(23)35/h3-20H. The van der Waals surface area contributed by atoms with Gasteiger partial charge in [-0.15, -0.1) is 0 Å². The van der Waals surface area contributed by atoms with Gasteiger partial charge in [-0.3, -0.25) is 0 Å². The van der Waals surface area contributed by atoms with E-state index >= 15 is 0 Å². The van der Waals surface area contributed by atoms with E-state index in [0.717, 1.165) is 44.2 Å². The van der Waals surface area contributed by atoms with Gasteiger partial charge in [0, 0.05) is 16.2 Å². The lowest BCUT2D eigenvalue weighted by Gasteiger charge is -2.12. The van der Waals surface area contributed by atoms with Crippen LogP contribution in [0.5, 0.6) is 0 Å². The average Bonchev–Trinajstić information content (AvgIpc) is 3.45. The molecule has 0 bridgehead atoms. The predicted octanol–water partition coefficient (Wildman–Crippen LogP) is 8.98. The highest BCUT2D eigenvalue weighted by Gasteiger charge is 2.20. The number of para-hydroxylation sites is 4. The second-order valence-corrected chi connectivity index (χ2v) is 8.79. The Labute approximate surface area is 207 Å². The topological polar surface area (TPSA) is 18.6 Å². The highest BCUT2D eigenvalue weighted by Crippen LogP contribution is 2.41. The zero-order valence-corrected chi connectivity index (χ0v) is 19.2. The summed E-state index contributed by atoms with van der Waals surface area (Å²) in [4.78, 5) is 7.52. The van der Waals surface area contributed by atoms with Gasteiger partial charge in [-0.2, -0.15) is 0 Å². The van der Waals surface area contributed by atoms with Crippen molar-refractivity contribution >= 4 is 55.0 Å². The van der Waals surface area contributed by atoms with Gasteiger partial charge in [0.05, 0.1) is 46.6 Å². The molecule has 5 aromatic carbocycles. The first-order valence-electron chi connectivity index (χ1n) is 11.7. The van der Waals surface area contributed by atoms with Crippen LogP contribution in [-0.4, -0.2) is 9.13 Å². The third-order valence-corrected chi connectivity index (χ3v) is 6.94. The van der Waals surface area contributed by atoms with Crippen LogP contribution in [-0.2, 0) is 0 Å². The number of fused-ring (bicyclic) bond motifs is 6. The number of hydrogen-bond acceptors (Lipinski definition) is 0. The summed E-state index contributed by atoms with van der Waals surface area (Å²) in [5.41, 5.74) is 7.32. The number of hydrogen-bond donors (Lipinski definition) is 0. The molecule has 0 saturated heterocycles. The van der Waals surface area contributed by atoms with Crippen molar-refractivity contribution in [2.75, 3.05) is 0 Å². The molecule has 7 aromatic rings. The van der Waals surface area contributed by atoms with Crippen LogP contribution in [0.2, 0.25) is 0 Å². The number of aromatic nitrogens is 2. The van der Waals surface area contributed by atoms with Crippen molar-refractivity contribution in [3.63, 3.8) is 0 Å². The summed E-state index contributed by atoms with van der Waals surface area (Å²) < 4.78 is 4.48. The fraction of sp³-hybridized carbons (Fsp3) is 0. The van der Waals surface area contributed by atoms with Gasteiger partial charge in [0.2, 0.25) is 5.69 Å². The van der Waals surface area contributed by atoms with E-state index < -0.39 is 0 Å². The van der Waals surface area contributed by atoms with Crippen molar-refractivity contribution in [2.45, 2.75) is 0 Å². The van der Waals surface area contributed by atoms with Crippen LogP contribution in [0.15, 0.2) is 109 Å². The van der Waals surface area contributed by atoms with Crippen LogP contribution in [0.3, 0.4) is 0 Å². The van der Waals surface area contributed by atoms with Gasteiger partial charge < -0.3 is 9.13 Å². The highest BCUT2D eigenvalue weighted by molar-refractivity contribution is 6.17. The maximum absolute atomic E-state index is 7.77. The maximum atomic E-state index is 7.77. The third-order valence-electron chi connectivity index (χ3n) is 6.94. The lowest BCUT2D eigenvalue weighted by Crippen LogP contribution is -1.96. The van der Waals surface area contributed by atoms with E-state index in [1.54, 1.807) is 0 Å². The molecule has 0 atom stereocenters. The summed E-state index contributed by atoms with van der Waals surface area (Å²) in [6.45, 7) is 15.4. The van der Waals surface area contributed by atoms with E-state index in [1.807, 2.05) is 42.5 Å². The molecule has 2 aromatic heterocycles. The molecule has 0 saturated carbocycles. The fourth-order valence-electron chi connectivity index (χ4n) is 5.48. The SMILES string of the molecule is [C-]#[N+]c1ccc2c(c1)c1c(-n3c4ccccc4c4ccccc43)cccc1n2-c1ccccc1[N+]#[C-]. The van der Waals surface area contributed by atoms with E-state index in [-0.39, 0.29) is 0 Å². The molecule has 0 amide bonds. The van der Waals surface area contributed by atoms with Crippen LogP contribution in [0, 0.1) is 13.1 Å². The summed E-state index contributed by atoms with van der Waals surface area (Å²) in [6, 6.07) is 36.8. The van der Waals surface area contributed by atoms with Gasteiger partial charge in [0.15, 0.2) is 5.69 Å². The minimum absolute atomic E-state index is 0.591. The molecule has 0 spiro atoms. The first kappa shape index (κ1) is 20.1. The Kier molecular flexibility index (Phi) is 4.24. The lowest BCUT2D eigenvalue weighted by molar-refractivity contribution is 1.17.